The largest absolute Gasteiger partial charge is 0.352 e. The normalized spacial score (nSPS) is 12.2. The molecule has 3 nitrogen and oxygen atoms in total. The van der Waals surface area contributed by atoms with Gasteiger partial charge in [-0.05, 0) is 43.0 Å². The Bertz CT molecular complexity index is 395. The van der Waals surface area contributed by atoms with Crippen LogP contribution in [0, 0.1) is 5.92 Å². The van der Waals surface area contributed by atoms with E-state index in [0.29, 0.717) is 30.5 Å². The lowest BCUT2D eigenvalue weighted by molar-refractivity contribution is -0.121. The molecule has 0 aliphatic carbocycles. The zero-order chi connectivity index (χ0) is 14.1. The Balaban J connectivity index is 2.28. The minimum absolute atomic E-state index is 0.0930. The second-order valence-electron chi connectivity index (χ2n) is 4.80. The van der Waals surface area contributed by atoms with Gasteiger partial charge in [0, 0.05) is 18.0 Å². The lowest BCUT2D eigenvalue weighted by Crippen LogP contribution is -2.23. The number of hydrogen-bond donors (Lipinski definition) is 2. The van der Waals surface area contributed by atoms with Crippen molar-refractivity contribution in [1.29, 1.82) is 0 Å². The number of halogens is 1. The monoisotopic (exact) mass is 282 g/mol. The fourth-order valence-electron chi connectivity index (χ4n) is 2.06. The van der Waals surface area contributed by atoms with Crippen molar-refractivity contribution < 1.29 is 4.79 Å². The van der Waals surface area contributed by atoms with Crippen LogP contribution >= 0.6 is 11.6 Å². The van der Waals surface area contributed by atoms with Crippen molar-refractivity contribution in [2.45, 2.75) is 39.2 Å². The predicted molar refractivity (Wildman–Crippen MR) is 80.0 cm³/mol. The highest BCUT2D eigenvalue weighted by atomic mass is 35.5. The van der Waals surface area contributed by atoms with Crippen LogP contribution < -0.4 is 11.1 Å². The molecule has 3 N–H and O–H groups in total. The van der Waals surface area contributed by atoms with E-state index in [4.69, 9.17) is 17.3 Å². The fraction of sp³-hybridized carbons (Fsp3) is 0.533. The van der Waals surface area contributed by atoms with Crippen molar-refractivity contribution in [2.24, 2.45) is 11.7 Å². The molecule has 1 aromatic rings. The molecule has 0 aliphatic rings. The van der Waals surface area contributed by atoms with Gasteiger partial charge in [0.2, 0.25) is 5.91 Å². The van der Waals surface area contributed by atoms with Crippen molar-refractivity contribution in [3.8, 4) is 0 Å². The molecule has 0 spiro atoms. The molecular formula is C15H23ClN2O. The lowest BCUT2D eigenvalue weighted by Gasteiger charge is -2.13. The van der Waals surface area contributed by atoms with E-state index in [1.165, 1.54) is 0 Å². The fourth-order valence-corrected chi connectivity index (χ4v) is 2.27. The summed E-state index contributed by atoms with van der Waals surface area (Å²) in [6, 6.07) is 7.53. The molecule has 0 saturated carbocycles. The van der Waals surface area contributed by atoms with Crippen LogP contribution in [0.4, 0.5) is 0 Å². The molecule has 4 heteroatoms. The van der Waals surface area contributed by atoms with Crippen molar-refractivity contribution in [3.05, 3.63) is 34.9 Å². The van der Waals surface area contributed by atoms with Gasteiger partial charge in [-0.15, -0.1) is 0 Å². The maximum atomic E-state index is 11.8. The van der Waals surface area contributed by atoms with Gasteiger partial charge in [0.1, 0.15) is 0 Å². The Hall–Kier alpha value is -1.06. The van der Waals surface area contributed by atoms with Crippen LogP contribution in [0.25, 0.3) is 0 Å². The Morgan fingerprint density at radius 3 is 2.84 bits per heavy atom. The lowest BCUT2D eigenvalue weighted by atomic mass is 9.96. The van der Waals surface area contributed by atoms with Gasteiger partial charge in [-0.2, -0.15) is 0 Å². The van der Waals surface area contributed by atoms with E-state index >= 15 is 0 Å². The molecule has 106 valence electrons. The van der Waals surface area contributed by atoms with E-state index in [9.17, 15) is 4.79 Å². The molecular weight excluding hydrogens is 260 g/mol. The summed E-state index contributed by atoms with van der Waals surface area (Å²) in [6.07, 6.45) is 3.56. The SMILES string of the molecule is CCC(CCN)CCC(=O)NCc1cccc(Cl)c1. The van der Waals surface area contributed by atoms with Crippen molar-refractivity contribution in [3.63, 3.8) is 0 Å². The second-order valence-corrected chi connectivity index (χ2v) is 5.23. The van der Waals surface area contributed by atoms with E-state index in [1.54, 1.807) is 0 Å². The summed E-state index contributed by atoms with van der Waals surface area (Å²) in [6.45, 7) is 3.37. The number of carbonyl (C=O) groups is 1. The van der Waals surface area contributed by atoms with Crippen molar-refractivity contribution >= 4 is 17.5 Å². The highest BCUT2D eigenvalue weighted by molar-refractivity contribution is 6.30. The number of hydrogen-bond acceptors (Lipinski definition) is 2. The molecule has 0 aromatic heterocycles. The molecule has 19 heavy (non-hydrogen) atoms. The van der Waals surface area contributed by atoms with E-state index in [-0.39, 0.29) is 5.91 Å². The zero-order valence-electron chi connectivity index (χ0n) is 11.5. The Morgan fingerprint density at radius 1 is 1.42 bits per heavy atom. The first-order chi connectivity index (χ1) is 9.15. The maximum Gasteiger partial charge on any atom is 0.220 e. The molecule has 1 rings (SSSR count). The minimum atomic E-state index is 0.0930. The number of nitrogens with two attached hydrogens (primary N) is 1. The number of nitrogens with one attached hydrogen (secondary N) is 1. The third-order valence-corrected chi connectivity index (χ3v) is 3.55. The molecule has 0 fully saturated rings. The van der Waals surface area contributed by atoms with E-state index < -0.39 is 0 Å². The average Bonchev–Trinajstić information content (AvgIpc) is 2.41. The van der Waals surface area contributed by atoms with Gasteiger partial charge in [0.15, 0.2) is 0 Å². The van der Waals surface area contributed by atoms with Crippen LogP contribution in [-0.2, 0) is 11.3 Å². The Kier molecular flexibility index (Phi) is 7.53. The molecule has 1 unspecified atom stereocenters. The van der Waals surface area contributed by atoms with Crippen LogP contribution in [0.2, 0.25) is 5.02 Å². The topological polar surface area (TPSA) is 55.1 Å². The highest BCUT2D eigenvalue weighted by Crippen LogP contribution is 2.14. The van der Waals surface area contributed by atoms with Gasteiger partial charge in [-0.1, -0.05) is 37.1 Å². The van der Waals surface area contributed by atoms with Crippen LogP contribution in [0.5, 0.6) is 0 Å². The minimum Gasteiger partial charge on any atom is -0.352 e. The van der Waals surface area contributed by atoms with Crippen molar-refractivity contribution in [1.82, 2.24) is 5.32 Å². The van der Waals surface area contributed by atoms with Gasteiger partial charge in [0.05, 0.1) is 0 Å². The molecule has 0 saturated heterocycles. The summed E-state index contributed by atoms with van der Waals surface area (Å²) in [5, 5.41) is 3.61. The molecule has 1 atom stereocenters. The van der Waals surface area contributed by atoms with Crippen molar-refractivity contribution in [2.75, 3.05) is 6.54 Å². The van der Waals surface area contributed by atoms with Gasteiger partial charge in [-0.25, -0.2) is 0 Å². The summed E-state index contributed by atoms with van der Waals surface area (Å²) in [4.78, 5) is 11.8. The second kappa shape index (κ2) is 8.94. The first-order valence-electron chi connectivity index (χ1n) is 6.87. The third-order valence-electron chi connectivity index (χ3n) is 3.31. The van der Waals surface area contributed by atoms with Crippen LogP contribution in [-0.4, -0.2) is 12.5 Å². The van der Waals surface area contributed by atoms with E-state index in [1.807, 2.05) is 24.3 Å². The van der Waals surface area contributed by atoms with E-state index in [2.05, 4.69) is 12.2 Å². The number of amides is 1. The van der Waals surface area contributed by atoms with Crippen LogP contribution in [0.3, 0.4) is 0 Å². The number of rotatable bonds is 8. The predicted octanol–water partition coefficient (Wildman–Crippen LogP) is 3.11. The summed E-state index contributed by atoms with van der Waals surface area (Å²) < 4.78 is 0. The molecule has 0 heterocycles. The summed E-state index contributed by atoms with van der Waals surface area (Å²) in [5.41, 5.74) is 6.57. The summed E-state index contributed by atoms with van der Waals surface area (Å²) in [5.74, 6) is 0.650. The highest BCUT2D eigenvalue weighted by Gasteiger charge is 2.08. The summed E-state index contributed by atoms with van der Waals surface area (Å²) in [7, 11) is 0. The Labute approximate surface area is 120 Å². The zero-order valence-corrected chi connectivity index (χ0v) is 12.2. The third kappa shape index (κ3) is 6.60. The number of benzene rings is 1. The first kappa shape index (κ1) is 16.0. The molecule has 0 radical (unpaired) electrons. The van der Waals surface area contributed by atoms with Gasteiger partial charge < -0.3 is 11.1 Å². The molecule has 1 amide bonds. The average molecular weight is 283 g/mol. The van der Waals surface area contributed by atoms with Crippen LogP contribution in [0.15, 0.2) is 24.3 Å². The van der Waals surface area contributed by atoms with Gasteiger partial charge in [-0.3, -0.25) is 4.79 Å². The molecule has 0 bridgehead atoms. The first-order valence-corrected chi connectivity index (χ1v) is 7.24. The number of carbonyl (C=O) groups excluding carboxylic acids is 1. The van der Waals surface area contributed by atoms with Gasteiger partial charge >= 0.3 is 0 Å². The van der Waals surface area contributed by atoms with Gasteiger partial charge in [0.25, 0.3) is 0 Å². The molecule has 1 aromatic carbocycles. The van der Waals surface area contributed by atoms with Crippen LogP contribution in [0.1, 0.15) is 38.2 Å². The smallest absolute Gasteiger partial charge is 0.220 e. The standard InChI is InChI=1S/C15H23ClN2O/c1-2-12(8-9-17)6-7-15(19)18-11-13-4-3-5-14(16)10-13/h3-5,10,12H,2,6-9,11,17H2,1H3,(H,18,19). The quantitative estimate of drug-likeness (QED) is 0.770. The maximum absolute atomic E-state index is 11.8. The molecule has 0 aliphatic heterocycles. The Morgan fingerprint density at radius 2 is 2.21 bits per heavy atom. The van der Waals surface area contributed by atoms with E-state index in [0.717, 1.165) is 24.8 Å². The summed E-state index contributed by atoms with van der Waals surface area (Å²) >= 11 is 5.89.